The minimum absolute atomic E-state index is 0.143. The third-order valence-electron chi connectivity index (χ3n) is 3.14. The van der Waals surface area contributed by atoms with Crippen molar-refractivity contribution >= 4 is 11.8 Å². The van der Waals surface area contributed by atoms with Crippen molar-refractivity contribution in [3.05, 3.63) is 23.5 Å². The Labute approximate surface area is 111 Å². The predicted molar refractivity (Wildman–Crippen MR) is 66.3 cm³/mol. The van der Waals surface area contributed by atoms with Crippen molar-refractivity contribution in [2.24, 2.45) is 0 Å². The second-order valence-electron chi connectivity index (χ2n) is 4.33. The molecular weight excluding hydrogens is 248 g/mol. The van der Waals surface area contributed by atoms with E-state index in [0.29, 0.717) is 24.3 Å². The lowest BCUT2D eigenvalue weighted by Crippen LogP contribution is -2.33. The van der Waals surface area contributed by atoms with Gasteiger partial charge >= 0.3 is 0 Å². The van der Waals surface area contributed by atoms with Crippen LogP contribution in [0.1, 0.15) is 24.1 Å². The van der Waals surface area contributed by atoms with Crippen LogP contribution in [0.4, 0.5) is 0 Å². The summed E-state index contributed by atoms with van der Waals surface area (Å²) in [7, 11) is 0. The average molecular weight is 264 g/mol. The molecule has 0 radical (unpaired) electrons. The van der Waals surface area contributed by atoms with Gasteiger partial charge in [-0.2, -0.15) is 0 Å². The molecule has 6 heteroatoms. The van der Waals surface area contributed by atoms with Crippen molar-refractivity contribution in [3.63, 3.8) is 0 Å². The van der Waals surface area contributed by atoms with E-state index in [1.165, 1.54) is 4.90 Å². The van der Waals surface area contributed by atoms with E-state index >= 15 is 0 Å². The molecule has 6 nitrogen and oxygen atoms in total. The lowest BCUT2D eigenvalue weighted by Gasteiger charge is -2.15. The molecule has 102 valence electrons. The van der Waals surface area contributed by atoms with Gasteiger partial charge in [-0.05, 0) is 13.0 Å². The lowest BCUT2D eigenvalue weighted by atomic mass is 10.2. The highest BCUT2D eigenvalue weighted by molar-refractivity contribution is 6.01. The number of aromatic nitrogens is 1. The van der Waals surface area contributed by atoms with Crippen LogP contribution in [0, 0.1) is 6.92 Å². The number of likely N-dealkylation sites (tertiary alicyclic amines) is 1. The zero-order valence-electron chi connectivity index (χ0n) is 10.8. The third-order valence-corrected chi connectivity index (χ3v) is 3.14. The summed E-state index contributed by atoms with van der Waals surface area (Å²) in [6, 6.07) is 1.70. The predicted octanol–water partition coefficient (Wildman–Crippen LogP) is 0.410. The normalized spacial score (nSPS) is 15.2. The molecule has 1 aromatic rings. The van der Waals surface area contributed by atoms with Gasteiger partial charge < -0.3 is 9.84 Å². The number of aliphatic hydroxyl groups excluding tert-OH is 1. The summed E-state index contributed by atoms with van der Waals surface area (Å²) in [6.45, 7) is 2.16. The zero-order valence-corrected chi connectivity index (χ0v) is 10.8. The van der Waals surface area contributed by atoms with Crippen molar-refractivity contribution in [2.75, 3.05) is 13.2 Å². The zero-order chi connectivity index (χ0) is 13.8. The quantitative estimate of drug-likeness (QED) is 0.779. The molecule has 0 saturated carbocycles. The minimum Gasteiger partial charge on any atom is -0.491 e. The molecule has 1 aromatic heterocycles. The smallest absolute Gasteiger partial charge is 0.229 e. The van der Waals surface area contributed by atoms with Gasteiger partial charge in [0, 0.05) is 24.6 Å². The van der Waals surface area contributed by atoms with Crippen LogP contribution in [-0.2, 0) is 16.2 Å². The molecular formula is C13H16N2O4. The number of imide groups is 1. The molecule has 1 N–H and O–H groups in total. The van der Waals surface area contributed by atoms with Gasteiger partial charge in [0.25, 0.3) is 0 Å². The van der Waals surface area contributed by atoms with E-state index in [2.05, 4.69) is 4.98 Å². The van der Waals surface area contributed by atoms with Gasteiger partial charge in [-0.3, -0.25) is 19.5 Å². The summed E-state index contributed by atoms with van der Waals surface area (Å²) in [5, 5.41) is 9.09. The summed E-state index contributed by atoms with van der Waals surface area (Å²) in [5.41, 5.74) is 1.33. The van der Waals surface area contributed by atoms with Gasteiger partial charge in [-0.25, -0.2) is 0 Å². The SMILES string of the molecule is Cc1c(OCCN2C(=O)CCC2=O)ccnc1CO. The maximum Gasteiger partial charge on any atom is 0.229 e. The molecule has 0 aliphatic carbocycles. The summed E-state index contributed by atoms with van der Waals surface area (Å²) in [5.74, 6) is 0.324. The second kappa shape index (κ2) is 5.79. The number of amides is 2. The maximum absolute atomic E-state index is 11.4. The van der Waals surface area contributed by atoms with E-state index in [9.17, 15) is 9.59 Å². The van der Waals surface area contributed by atoms with E-state index in [-0.39, 0.29) is 31.6 Å². The first-order valence-corrected chi connectivity index (χ1v) is 6.15. The number of nitrogens with zero attached hydrogens (tertiary/aromatic N) is 2. The monoisotopic (exact) mass is 264 g/mol. The Morgan fingerprint density at radius 2 is 2.05 bits per heavy atom. The van der Waals surface area contributed by atoms with Crippen LogP contribution in [-0.4, -0.2) is 40.0 Å². The standard InChI is InChI=1S/C13H16N2O4/c1-9-10(8-16)14-5-4-11(9)19-7-6-15-12(17)2-3-13(15)18/h4-5,16H,2-3,6-8H2,1H3. The fourth-order valence-corrected chi connectivity index (χ4v) is 1.99. The van der Waals surface area contributed by atoms with Crippen LogP contribution in [0.15, 0.2) is 12.3 Å². The van der Waals surface area contributed by atoms with Gasteiger partial charge in [0.15, 0.2) is 0 Å². The van der Waals surface area contributed by atoms with Crippen LogP contribution < -0.4 is 4.74 Å². The highest BCUT2D eigenvalue weighted by Crippen LogP contribution is 2.19. The summed E-state index contributed by atoms with van der Waals surface area (Å²) >= 11 is 0. The number of ether oxygens (including phenoxy) is 1. The molecule has 1 saturated heterocycles. The largest absolute Gasteiger partial charge is 0.491 e. The number of carbonyl (C=O) groups excluding carboxylic acids is 2. The molecule has 2 rings (SSSR count). The Morgan fingerprint density at radius 3 is 2.68 bits per heavy atom. The van der Waals surface area contributed by atoms with Crippen molar-refractivity contribution < 1.29 is 19.4 Å². The Balaban J connectivity index is 1.93. The first-order chi connectivity index (χ1) is 9.13. The van der Waals surface area contributed by atoms with Gasteiger partial charge in [0.1, 0.15) is 12.4 Å². The van der Waals surface area contributed by atoms with Crippen molar-refractivity contribution in [1.82, 2.24) is 9.88 Å². The first-order valence-electron chi connectivity index (χ1n) is 6.15. The molecule has 1 aliphatic rings. The molecule has 0 bridgehead atoms. The average Bonchev–Trinajstić information content (AvgIpc) is 2.72. The highest BCUT2D eigenvalue weighted by atomic mass is 16.5. The summed E-state index contributed by atoms with van der Waals surface area (Å²) in [4.78, 5) is 28.0. The number of hydrogen-bond donors (Lipinski definition) is 1. The molecule has 19 heavy (non-hydrogen) atoms. The van der Waals surface area contributed by atoms with E-state index in [0.717, 1.165) is 5.56 Å². The minimum atomic E-state index is -0.147. The van der Waals surface area contributed by atoms with Crippen LogP contribution in [0.5, 0.6) is 5.75 Å². The van der Waals surface area contributed by atoms with E-state index < -0.39 is 0 Å². The number of rotatable bonds is 5. The summed E-state index contributed by atoms with van der Waals surface area (Å²) < 4.78 is 5.54. The third kappa shape index (κ3) is 2.90. The Bertz CT molecular complexity index is 485. The van der Waals surface area contributed by atoms with E-state index in [1.807, 2.05) is 0 Å². The number of aliphatic hydroxyl groups is 1. The van der Waals surface area contributed by atoms with Gasteiger partial charge in [-0.15, -0.1) is 0 Å². The Kier molecular flexibility index (Phi) is 4.11. The van der Waals surface area contributed by atoms with Gasteiger partial charge in [0.05, 0.1) is 18.8 Å². The Hall–Kier alpha value is -1.95. The van der Waals surface area contributed by atoms with Crippen LogP contribution in [0.25, 0.3) is 0 Å². The topological polar surface area (TPSA) is 79.7 Å². The van der Waals surface area contributed by atoms with Gasteiger partial charge in [-0.1, -0.05) is 0 Å². The number of hydrogen-bond acceptors (Lipinski definition) is 5. The molecule has 2 heterocycles. The molecule has 1 aliphatic heterocycles. The summed E-state index contributed by atoms with van der Waals surface area (Å²) in [6.07, 6.45) is 2.14. The molecule has 1 fully saturated rings. The van der Waals surface area contributed by atoms with Crippen molar-refractivity contribution in [2.45, 2.75) is 26.4 Å². The number of pyridine rings is 1. The van der Waals surface area contributed by atoms with Crippen LogP contribution in [0.2, 0.25) is 0 Å². The van der Waals surface area contributed by atoms with Gasteiger partial charge in [0.2, 0.25) is 11.8 Å². The van der Waals surface area contributed by atoms with Crippen molar-refractivity contribution in [1.29, 1.82) is 0 Å². The first kappa shape index (κ1) is 13.5. The fraction of sp³-hybridized carbons (Fsp3) is 0.462. The molecule has 0 unspecified atom stereocenters. The second-order valence-corrected chi connectivity index (χ2v) is 4.33. The van der Waals surface area contributed by atoms with Crippen LogP contribution >= 0.6 is 0 Å². The van der Waals surface area contributed by atoms with Crippen LogP contribution in [0.3, 0.4) is 0 Å². The lowest BCUT2D eigenvalue weighted by molar-refractivity contribution is -0.138. The fourth-order valence-electron chi connectivity index (χ4n) is 1.99. The Morgan fingerprint density at radius 1 is 1.37 bits per heavy atom. The van der Waals surface area contributed by atoms with E-state index in [4.69, 9.17) is 9.84 Å². The molecule has 0 aromatic carbocycles. The van der Waals surface area contributed by atoms with Crippen molar-refractivity contribution in [3.8, 4) is 5.75 Å². The molecule has 2 amide bonds. The molecule has 0 spiro atoms. The van der Waals surface area contributed by atoms with E-state index in [1.54, 1.807) is 19.2 Å². The molecule has 0 atom stereocenters. The number of carbonyl (C=O) groups is 2. The maximum atomic E-state index is 11.4. The highest BCUT2D eigenvalue weighted by Gasteiger charge is 2.28.